The number of nitrogens with zero attached hydrogens (tertiary/aromatic N) is 2. The molecule has 2 nitrogen and oxygen atoms in total. The lowest BCUT2D eigenvalue weighted by Crippen LogP contribution is -2.26. The predicted molar refractivity (Wildman–Crippen MR) is 241 cm³/mol. The fraction of sp³-hybridized carbons (Fsp3) is 0.0179. The largest absolute Gasteiger partial charge is 0.292 e. The molecule has 2 aliphatic rings. The maximum Gasteiger partial charge on any atom is 0.145 e. The summed E-state index contributed by atoms with van der Waals surface area (Å²) in [7, 11) is 0. The zero-order valence-corrected chi connectivity index (χ0v) is 31.5. The topological polar surface area (TPSA) is 17.8 Å². The van der Waals surface area contributed by atoms with E-state index in [1.807, 2.05) is 0 Å². The van der Waals surface area contributed by atoms with E-state index in [4.69, 9.17) is 4.98 Å². The Morgan fingerprint density at radius 1 is 0.362 bits per heavy atom. The van der Waals surface area contributed by atoms with Crippen LogP contribution in [0.4, 0.5) is 0 Å². The summed E-state index contributed by atoms with van der Waals surface area (Å²) in [5.74, 6) is 0.931. The van der Waals surface area contributed by atoms with Crippen molar-refractivity contribution in [2.75, 3.05) is 0 Å². The Kier molecular flexibility index (Phi) is 6.40. The average Bonchev–Trinajstić information content (AvgIpc) is 3.94. The molecule has 0 saturated heterocycles. The van der Waals surface area contributed by atoms with E-state index in [1.165, 1.54) is 88.0 Å². The lowest BCUT2D eigenvalue weighted by Gasteiger charge is -2.32. The van der Waals surface area contributed by atoms with Crippen molar-refractivity contribution in [3.63, 3.8) is 0 Å². The molecule has 13 rings (SSSR count). The van der Waals surface area contributed by atoms with Crippen LogP contribution in [0, 0.1) is 0 Å². The molecule has 268 valence electrons. The highest BCUT2D eigenvalue weighted by atomic mass is 15.1. The summed E-state index contributed by atoms with van der Waals surface area (Å²) in [6, 6.07) is 76.2. The summed E-state index contributed by atoms with van der Waals surface area (Å²) in [6.45, 7) is 0. The van der Waals surface area contributed by atoms with E-state index in [9.17, 15) is 0 Å². The van der Waals surface area contributed by atoms with E-state index < -0.39 is 5.41 Å². The van der Waals surface area contributed by atoms with Crippen LogP contribution in [0.15, 0.2) is 206 Å². The molecule has 1 aromatic heterocycles. The van der Waals surface area contributed by atoms with Crippen LogP contribution in [0.5, 0.6) is 0 Å². The van der Waals surface area contributed by atoms with Crippen molar-refractivity contribution in [2.45, 2.75) is 5.41 Å². The van der Waals surface area contributed by atoms with Gasteiger partial charge in [-0.05, 0) is 124 Å². The maximum atomic E-state index is 5.27. The molecule has 0 radical (unpaired) electrons. The Bertz CT molecular complexity index is 3470. The first kappa shape index (κ1) is 31.6. The fourth-order valence-corrected chi connectivity index (χ4v) is 10.8. The number of imidazole rings is 1. The summed E-state index contributed by atoms with van der Waals surface area (Å²) in [6.07, 6.45) is 0. The number of hydrogen-bond donors (Lipinski definition) is 0. The number of fused-ring (bicyclic) bond motifs is 18. The van der Waals surface area contributed by atoms with E-state index in [1.54, 1.807) is 0 Å². The smallest absolute Gasteiger partial charge is 0.145 e. The van der Waals surface area contributed by atoms with Gasteiger partial charge >= 0.3 is 0 Å². The average molecular weight is 735 g/mol. The van der Waals surface area contributed by atoms with E-state index in [-0.39, 0.29) is 0 Å². The molecule has 0 atom stereocenters. The monoisotopic (exact) mass is 734 g/mol. The first-order chi connectivity index (χ1) is 28.8. The second kappa shape index (κ2) is 11.7. The second-order valence-corrected chi connectivity index (χ2v) is 15.8. The van der Waals surface area contributed by atoms with Crippen LogP contribution in [-0.2, 0) is 5.41 Å². The number of para-hydroxylation sites is 3. The molecule has 0 N–H and O–H groups in total. The summed E-state index contributed by atoms with van der Waals surface area (Å²) >= 11 is 0. The highest BCUT2D eigenvalue weighted by molar-refractivity contribution is 6.24. The SMILES string of the molecule is c1ccc(-n2c(-c3cccc(-c4cc5c(c6ccccc46)-c4c(c6ccccc6c6ccccc46)C54c5ccccc5-c5ccccc54)c3)nc3ccccc32)cc1. The van der Waals surface area contributed by atoms with Gasteiger partial charge < -0.3 is 0 Å². The first-order valence-corrected chi connectivity index (χ1v) is 20.1. The molecule has 0 bridgehead atoms. The normalized spacial score (nSPS) is 13.3. The third-order valence-corrected chi connectivity index (χ3v) is 13.0. The number of aromatic nitrogens is 2. The van der Waals surface area contributed by atoms with Crippen molar-refractivity contribution in [3.8, 4) is 50.5 Å². The first-order valence-electron chi connectivity index (χ1n) is 20.1. The molecular weight excluding hydrogens is 701 g/mol. The highest BCUT2D eigenvalue weighted by Gasteiger charge is 2.53. The zero-order chi connectivity index (χ0) is 38.0. The number of rotatable bonds is 3. The van der Waals surface area contributed by atoms with Crippen LogP contribution in [0.3, 0.4) is 0 Å². The van der Waals surface area contributed by atoms with Gasteiger partial charge in [0.05, 0.1) is 16.4 Å². The summed E-state index contributed by atoms with van der Waals surface area (Å²) < 4.78 is 2.30. The molecule has 58 heavy (non-hydrogen) atoms. The molecule has 0 unspecified atom stereocenters. The van der Waals surface area contributed by atoms with Crippen LogP contribution < -0.4 is 0 Å². The van der Waals surface area contributed by atoms with E-state index in [2.05, 4.69) is 211 Å². The van der Waals surface area contributed by atoms with Crippen molar-refractivity contribution in [1.29, 1.82) is 0 Å². The second-order valence-electron chi connectivity index (χ2n) is 15.8. The van der Waals surface area contributed by atoms with Gasteiger partial charge in [0.2, 0.25) is 0 Å². The van der Waals surface area contributed by atoms with Gasteiger partial charge in [-0.3, -0.25) is 4.57 Å². The third-order valence-electron chi connectivity index (χ3n) is 13.0. The van der Waals surface area contributed by atoms with Crippen LogP contribution in [0.1, 0.15) is 22.3 Å². The molecule has 2 aliphatic carbocycles. The minimum Gasteiger partial charge on any atom is -0.292 e. The van der Waals surface area contributed by atoms with Crippen molar-refractivity contribution in [2.24, 2.45) is 0 Å². The van der Waals surface area contributed by atoms with Crippen molar-refractivity contribution < 1.29 is 0 Å². The van der Waals surface area contributed by atoms with Gasteiger partial charge in [-0.1, -0.05) is 170 Å². The molecular formula is C56H34N2. The lowest BCUT2D eigenvalue weighted by molar-refractivity contribution is 0.803. The minimum atomic E-state index is -0.529. The van der Waals surface area contributed by atoms with Gasteiger partial charge in [0.1, 0.15) is 5.82 Å². The Balaban J connectivity index is 1.17. The van der Waals surface area contributed by atoms with Gasteiger partial charge in [-0.15, -0.1) is 0 Å². The molecule has 0 saturated carbocycles. The Hall–Kier alpha value is -7.55. The Labute approximate surface area is 335 Å². The van der Waals surface area contributed by atoms with Crippen LogP contribution in [0.2, 0.25) is 0 Å². The zero-order valence-electron chi connectivity index (χ0n) is 31.5. The van der Waals surface area contributed by atoms with Crippen molar-refractivity contribution in [1.82, 2.24) is 9.55 Å². The lowest BCUT2D eigenvalue weighted by atomic mass is 9.68. The van der Waals surface area contributed by atoms with Gasteiger partial charge in [0.15, 0.2) is 0 Å². The van der Waals surface area contributed by atoms with Crippen molar-refractivity contribution >= 4 is 43.4 Å². The molecule has 0 aliphatic heterocycles. The number of benzene rings is 10. The van der Waals surface area contributed by atoms with E-state index in [0.29, 0.717) is 0 Å². The quantitative estimate of drug-likeness (QED) is 0.165. The Morgan fingerprint density at radius 3 is 1.66 bits per heavy atom. The summed E-state index contributed by atoms with van der Waals surface area (Å²) in [5.41, 5.74) is 16.9. The molecule has 11 aromatic rings. The standard InChI is InChI=1S/C56H34N2/c1-2-19-37(20-3-1)58-51-32-15-14-31-50(51)57-55(58)36-18-16-17-35(33-36)46-34-49-52(43-26-7-5-23-40(43)46)53-44-27-8-4-21-38(44)39-22-6-9-28-45(39)54(53)56(49)47-29-12-10-24-41(47)42-25-11-13-30-48(42)56/h1-34H. The molecule has 2 heteroatoms. The fourth-order valence-electron chi connectivity index (χ4n) is 10.8. The van der Waals surface area contributed by atoms with E-state index >= 15 is 0 Å². The van der Waals surface area contributed by atoms with Crippen LogP contribution >= 0.6 is 0 Å². The Morgan fingerprint density at radius 2 is 0.914 bits per heavy atom. The molecule has 1 spiro atoms. The van der Waals surface area contributed by atoms with Crippen LogP contribution in [0.25, 0.3) is 93.8 Å². The van der Waals surface area contributed by atoms with Gasteiger partial charge in [0.25, 0.3) is 0 Å². The third kappa shape index (κ3) is 4.03. The summed E-state index contributed by atoms with van der Waals surface area (Å²) in [4.78, 5) is 5.27. The summed E-state index contributed by atoms with van der Waals surface area (Å²) in [5, 5.41) is 7.72. The maximum absolute atomic E-state index is 5.27. The molecule has 1 heterocycles. The minimum absolute atomic E-state index is 0.529. The van der Waals surface area contributed by atoms with E-state index in [0.717, 1.165) is 28.1 Å². The van der Waals surface area contributed by atoms with Crippen LogP contribution in [-0.4, -0.2) is 9.55 Å². The van der Waals surface area contributed by atoms with Gasteiger partial charge in [-0.25, -0.2) is 4.98 Å². The molecule has 10 aromatic carbocycles. The van der Waals surface area contributed by atoms with Gasteiger partial charge in [0, 0.05) is 11.3 Å². The predicted octanol–water partition coefficient (Wildman–Crippen LogP) is 14.2. The molecule has 0 fully saturated rings. The number of hydrogen-bond acceptors (Lipinski definition) is 1. The van der Waals surface area contributed by atoms with Gasteiger partial charge in [-0.2, -0.15) is 0 Å². The van der Waals surface area contributed by atoms with Crippen molar-refractivity contribution in [3.05, 3.63) is 229 Å². The molecule has 0 amide bonds. The highest BCUT2D eigenvalue weighted by Crippen LogP contribution is 2.67.